The molecule has 1 amide bonds. The molecule has 0 saturated heterocycles. The molecule has 2 rings (SSSR count). The van der Waals surface area contributed by atoms with E-state index in [2.05, 4.69) is 22.8 Å². The van der Waals surface area contributed by atoms with Crippen molar-refractivity contribution in [3.05, 3.63) is 65.7 Å². The number of hydrogen-bond acceptors (Lipinski definition) is 4. The Bertz CT molecular complexity index is 692. The summed E-state index contributed by atoms with van der Waals surface area (Å²) in [5.41, 5.74) is 1.71. The van der Waals surface area contributed by atoms with E-state index in [1.807, 2.05) is 24.3 Å². The molecule has 2 aromatic rings. The summed E-state index contributed by atoms with van der Waals surface area (Å²) in [6.45, 7) is 1.60. The van der Waals surface area contributed by atoms with Gasteiger partial charge in [0.2, 0.25) is 0 Å². The van der Waals surface area contributed by atoms with Crippen molar-refractivity contribution in [3.63, 3.8) is 0 Å². The Kier molecular flexibility index (Phi) is 7.88. The maximum atomic E-state index is 12.2. The maximum Gasteiger partial charge on any atom is 0.257 e. The molecule has 0 aliphatic heterocycles. The fraction of sp³-hybridized carbons (Fsp3) is 0.263. The summed E-state index contributed by atoms with van der Waals surface area (Å²) in [5.74, 6) is 0.380. The van der Waals surface area contributed by atoms with Crippen LogP contribution in [0.1, 0.15) is 15.9 Å². The monoisotopic (exact) mass is 358 g/mol. The number of methoxy groups -OCH3 is 1. The molecular formula is C19H22N2O3S. The second-order valence-electron chi connectivity index (χ2n) is 5.31. The fourth-order valence-corrected chi connectivity index (χ4v) is 2.34. The van der Waals surface area contributed by atoms with E-state index in [0.29, 0.717) is 31.1 Å². The molecule has 0 unspecified atom stereocenters. The Morgan fingerprint density at radius 2 is 1.88 bits per heavy atom. The highest BCUT2D eigenvalue weighted by Crippen LogP contribution is 2.14. The highest BCUT2D eigenvalue weighted by Gasteiger charge is 2.08. The number of rotatable bonds is 8. The predicted octanol–water partition coefficient (Wildman–Crippen LogP) is 2.56. The van der Waals surface area contributed by atoms with Gasteiger partial charge in [-0.1, -0.05) is 36.4 Å². The molecule has 25 heavy (non-hydrogen) atoms. The average Bonchev–Trinajstić information content (AvgIpc) is 2.63. The third kappa shape index (κ3) is 6.91. The van der Waals surface area contributed by atoms with Crippen LogP contribution in [-0.2, 0) is 11.2 Å². The molecule has 0 radical (unpaired) electrons. The van der Waals surface area contributed by atoms with E-state index in [0.717, 1.165) is 6.42 Å². The highest BCUT2D eigenvalue weighted by molar-refractivity contribution is 7.80. The summed E-state index contributed by atoms with van der Waals surface area (Å²) in [4.78, 5) is 12.2. The first-order valence-corrected chi connectivity index (χ1v) is 8.45. The molecule has 2 N–H and O–H groups in total. The number of amides is 1. The van der Waals surface area contributed by atoms with Crippen molar-refractivity contribution in [2.24, 2.45) is 0 Å². The van der Waals surface area contributed by atoms with Crippen molar-refractivity contribution in [2.45, 2.75) is 6.42 Å². The maximum absolute atomic E-state index is 12.2. The Labute approximate surface area is 153 Å². The molecule has 0 heterocycles. The molecule has 0 fully saturated rings. The first kappa shape index (κ1) is 18.9. The third-order valence-corrected chi connectivity index (χ3v) is 3.66. The smallest absolute Gasteiger partial charge is 0.257 e. The van der Waals surface area contributed by atoms with Gasteiger partial charge in [0.25, 0.3) is 5.91 Å². The number of nitrogens with one attached hydrogen (secondary N) is 2. The van der Waals surface area contributed by atoms with Crippen LogP contribution in [0.4, 0.5) is 0 Å². The van der Waals surface area contributed by atoms with Gasteiger partial charge in [-0.2, -0.15) is 0 Å². The average molecular weight is 358 g/mol. The van der Waals surface area contributed by atoms with E-state index in [-0.39, 0.29) is 11.0 Å². The Hall–Kier alpha value is -2.44. The summed E-state index contributed by atoms with van der Waals surface area (Å²) in [5, 5.41) is 5.80. The Morgan fingerprint density at radius 1 is 1.08 bits per heavy atom. The van der Waals surface area contributed by atoms with Gasteiger partial charge in [-0.3, -0.25) is 10.1 Å². The summed E-state index contributed by atoms with van der Waals surface area (Å²) in [6, 6.07) is 17.2. The number of thiocarbonyl (C=S) groups is 1. The van der Waals surface area contributed by atoms with Crippen LogP contribution in [0.25, 0.3) is 0 Å². The third-order valence-electron chi connectivity index (χ3n) is 3.42. The minimum absolute atomic E-state index is 0.275. The fourth-order valence-electron chi connectivity index (χ4n) is 2.14. The Morgan fingerprint density at radius 3 is 2.64 bits per heavy atom. The van der Waals surface area contributed by atoms with Crippen LogP contribution in [0.15, 0.2) is 54.6 Å². The molecule has 0 aliphatic carbocycles. The van der Waals surface area contributed by atoms with E-state index < -0.39 is 0 Å². The van der Waals surface area contributed by atoms with Gasteiger partial charge in [-0.25, -0.2) is 0 Å². The molecule has 6 heteroatoms. The topological polar surface area (TPSA) is 59.6 Å². The van der Waals surface area contributed by atoms with Gasteiger partial charge >= 0.3 is 0 Å². The number of carbonyl (C=O) groups is 1. The second-order valence-corrected chi connectivity index (χ2v) is 5.72. The van der Waals surface area contributed by atoms with Gasteiger partial charge in [-0.05, 0) is 36.0 Å². The first-order chi connectivity index (χ1) is 12.2. The largest absolute Gasteiger partial charge is 0.493 e. The minimum Gasteiger partial charge on any atom is -0.493 e. The molecule has 0 spiro atoms. The van der Waals surface area contributed by atoms with Crippen molar-refractivity contribution in [1.29, 1.82) is 0 Å². The molecule has 0 aliphatic rings. The summed E-state index contributed by atoms with van der Waals surface area (Å²) >= 11 is 5.07. The van der Waals surface area contributed by atoms with Crippen LogP contribution in [0, 0.1) is 0 Å². The van der Waals surface area contributed by atoms with Crippen molar-refractivity contribution in [1.82, 2.24) is 10.6 Å². The van der Waals surface area contributed by atoms with Crippen LogP contribution < -0.4 is 15.4 Å². The van der Waals surface area contributed by atoms with Gasteiger partial charge in [0, 0.05) is 25.6 Å². The molecule has 132 valence electrons. The van der Waals surface area contributed by atoms with Gasteiger partial charge in [-0.15, -0.1) is 0 Å². The quantitative estimate of drug-likeness (QED) is 0.561. The van der Waals surface area contributed by atoms with Crippen molar-refractivity contribution in [2.75, 3.05) is 26.9 Å². The van der Waals surface area contributed by atoms with Crippen molar-refractivity contribution in [3.8, 4) is 5.75 Å². The Balaban J connectivity index is 1.83. The lowest BCUT2D eigenvalue weighted by Crippen LogP contribution is -2.40. The van der Waals surface area contributed by atoms with E-state index in [1.165, 1.54) is 5.56 Å². The van der Waals surface area contributed by atoms with Crippen molar-refractivity contribution < 1.29 is 14.3 Å². The summed E-state index contributed by atoms with van der Waals surface area (Å²) in [7, 11) is 1.60. The SMILES string of the molecule is COCCNC(=S)NC(=O)c1cccc(OCCc2ccccc2)c1. The van der Waals surface area contributed by atoms with Gasteiger partial charge in [0.1, 0.15) is 5.75 Å². The molecule has 0 saturated carbocycles. The van der Waals surface area contributed by atoms with Gasteiger partial charge < -0.3 is 14.8 Å². The standard InChI is InChI=1S/C19H22N2O3S/c1-23-13-11-20-19(25)21-18(22)16-8-5-9-17(14-16)24-12-10-15-6-3-2-4-7-15/h2-9,14H,10-13H2,1H3,(H2,20,21,22,25). The van der Waals surface area contributed by atoms with E-state index in [9.17, 15) is 4.79 Å². The number of carbonyl (C=O) groups excluding carboxylic acids is 1. The first-order valence-electron chi connectivity index (χ1n) is 8.04. The van der Waals surface area contributed by atoms with E-state index in [1.54, 1.807) is 25.3 Å². The molecular weight excluding hydrogens is 336 g/mol. The number of benzene rings is 2. The van der Waals surface area contributed by atoms with Crippen LogP contribution in [0.3, 0.4) is 0 Å². The minimum atomic E-state index is -0.275. The van der Waals surface area contributed by atoms with Crippen molar-refractivity contribution >= 4 is 23.2 Å². The van der Waals surface area contributed by atoms with Crippen LogP contribution >= 0.6 is 12.2 Å². The zero-order chi connectivity index (χ0) is 17.9. The zero-order valence-corrected chi connectivity index (χ0v) is 15.0. The van der Waals surface area contributed by atoms with Crippen LogP contribution in [0.2, 0.25) is 0 Å². The molecule has 5 nitrogen and oxygen atoms in total. The number of ether oxygens (including phenoxy) is 2. The zero-order valence-electron chi connectivity index (χ0n) is 14.2. The lowest BCUT2D eigenvalue weighted by atomic mass is 10.2. The lowest BCUT2D eigenvalue weighted by molar-refractivity contribution is 0.0976. The van der Waals surface area contributed by atoms with Crippen LogP contribution in [0.5, 0.6) is 5.75 Å². The van der Waals surface area contributed by atoms with Gasteiger partial charge in [0.05, 0.1) is 13.2 Å². The predicted molar refractivity (Wildman–Crippen MR) is 102 cm³/mol. The summed E-state index contributed by atoms with van der Waals surface area (Å²) in [6.07, 6.45) is 0.810. The lowest BCUT2D eigenvalue weighted by Gasteiger charge is -2.10. The highest BCUT2D eigenvalue weighted by atomic mass is 32.1. The van der Waals surface area contributed by atoms with E-state index >= 15 is 0 Å². The molecule has 0 aromatic heterocycles. The molecule has 0 bridgehead atoms. The normalized spacial score (nSPS) is 10.1. The van der Waals surface area contributed by atoms with Crippen LogP contribution in [-0.4, -0.2) is 37.9 Å². The summed E-state index contributed by atoms with van der Waals surface area (Å²) < 4.78 is 10.7. The van der Waals surface area contributed by atoms with Gasteiger partial charge in [0.15, 0.2) is 5.11 Å². The molecule has 2 aromatic carbocycles. The number of hydrogen-bond donors (Lipinski definition) is 2. The molecule has 0 atom stereocenters. The van der Waals surface area contributed by atoms with E-state index in [4.69, 9.17) is 21.7 Å². The second kappa shape index (κ2) is 10.4.